The summed E-state index contributed by atoms with van der Waals surface area (Å²) in [6.07, 6.45) is 16.0. The Morgan fingerprint density at radius 1 is 0.500 bits per heavy atom. The molecule has 0 saturated carbocycles. The predicted octanol–water partition coefficient (Wildman–Crippen LogP) is 7.10. The zero-order chi connectivity index (χ0) is 23.6. The molecule has 0 aliphatic heterocycles. The molecule has 0 amide bonds. The first-order chi connectivity index (χ1) is 16.7. The van der Waals surface area contributed by atoms with E-state index >= 15 is 0 Å². The summed E-state index contributed by atoms with van der Waals surface area (Å²) in [5.74, 6) is 1.69. The number of methoxy groups -OCH3 is 2. The van der Waals surface area contributed by atoms with Crippen LogP contribution in [0.3, 0.4) is 0 Å². The quantitative estimate of drug-likeness (QED) is 0.271. The predicted molar refractivity (Wildman–Crippen MR) is 142 cm³/mol. The van der Waals surface area contributed by atoms with E-state index in [0.29, 0.717) is 0 Å². The second-order valence-corrected chi connectivity index (χ2v) is 7.47. The Kier molecular flexibility index (Phi) is 7.65. The van der Waals surface area contributed by atoms with Crippen LogP contribution in [0.2, 0.25) is 0 Å². The van der Waals surface area contributed by atoms with Gasteiger partial charge < -0.3 is 9.47 Å². The monoisotopic (exact) mass is 446 g/mol. The van der Waals surface area contributed by atoms with E-state index in [9.17, 15) is 0 Å². The maximum atomic E-state index is 5.21. The largest absolute Gasteiger partial charge is 0.497 e. The summed E-state index contributed by atoms with van der Waals surface area (Å²) in [4.78, 5) is 9.62. The lowest BCUT2D eigenvalue weighted by Crippen LogP contribution is -1.93. The van der Waals surface area contributed by atoms with Gasteiger partial charge in [0.25, 0.3) is 0 Å². The summed E-state index contributed by atoms with van der Waals surface area (Å²) >= 11 is 0. The summed E-state index contributed by atoms with van der Waals surface area (Å²) in [6, 6.07) is 23.7. The Bertz CT molecular complexity index is 1240. The van der Waals surface area contributed by atoms with Gasteiger partial charge in [0, 0.05) is 0 Å². The summed E-state index contributed by atoms with van der Waals surface area (Å²) in [6.45, 7) is 0. The number of hydrogen-bond acceptors (Lipinski definition) is 4. The van der Waals surface area contributed by atoms with Crippen LogP contribution in [0.1, 0.15) is 22.5 Å². The maximum Gasteiger partial charge on any atom is 0.118 e. The average Bonchev–Trinajstić information content (AvgIpc) is 2.89. The van der Waals surface area contributed by atoms with Crippen molar-refractivity contribution in [3.8, 4) is 11.5 Å². The smallest absolute Gasteiger partial charge is 0.118 e. The normalized spacial score (nSPS) is 11.9. The van der Waals surface area contributed by atoms with Crippen molar-refractivity contribution in [2.24, 2.45) is 0 Å². The van der Waals surface area contributed by atoms with Crippen molar-refractivity contribution in [1.29, 1.82) is 0 Å². The maximum absolute atomic E-state index is 5.21. The minimum absolute atomic E-state index is 0.812. The highest BCUT2D eigenvalue weighted by Crippen LogP contribution is 2.17. The van der Waals surface area contributed by atoms with Gasteiger partial charge in [0.2, 0.25) is 0 Å². The number of ether oxygens (including phenoxy) is 2. The van der Waals surface area contributed by atoms with Crippen LogP contribution in [0.15, 0.2) is 97.1 Å². The fraction of sp³-hybridized carbons (Fsp3) is 0.0667. The Labute approximate surface area is 200 Å². The molecule has 0 aliphatic rings. The topological polar surface area (TPSA) is 44.2 Å². The number of fused-ring (bicyclic) bond motifs is 1. The van der Waals surface area contributed by atoms with Gasteiger partial charge in [-0.15, -0.1) is 0 Å². The van der Waals surface area contributed by atoms with Crippen LogP contribution in [0.4, 0.5) is 0 Å². The SMILES string of the molecule is COc1ccc(C=CC=Cc2nc3ccccc3nc2C=CC=Cc2ccc(OC)cc2)cc1. The molecule has 0 aliphatic carbocycles. The third-order valence-electron chi connectivity index (χ3n) is 5.17. The molecule has 0 fully saturated rings. The van der Waals surface area contributed by atoms with Gasteiger partial charge in [-0.25, -0.2) is 9.97 Å². The van der Waals surface area contributed by atoms with E-state index in [0.717, 1.165) is 45.0 Å². The first kappa shape index (κ1) is 22.7. The summed E-state index contributed by atoms with van der Waals surface area (Å²) in [5, 5.41) is 0. The molecular formula is C30H26N2O2. The number of hydrogen-bond donors (Lipinski definition) is 0. The Morgan fingerprint density at radius 2 is 0.882 bits per heavy atom. The Morgan fingerprint density at radius 3 is 1.26 bits per heavy atom. The van der Waals surface area contributed by atoms with Gasteiger partial charge in [-0.2, -0.15) is 0 Å². The number of allylic oxidation sites excluding steroid dienone is 4. The van der Waals surface area contributed by atoms with Crippen molar-refractivity contribution in [3.63, 3.8) is 0 Å². The van der Waals surface area contributed by atoms with Crippen LogP contribution in [0.5, 0.6) is 11.5 Å². The number of nitrogens with zero attached hydrogens (tertiary/aromatic N) is 2. The van der Waals surface area contributed by atoms with Crippen LogP contribution in [-0.4, -0.2) is 24.2 Å². The fourth-order valence-corrected chi connectivity index (χ4v) is 3.33. The lowest BCUT2D eigenvalue weighted by Gasteiger charge is -2.03. The lowest BCUT2D eigenvalue weighted by atomic mass is 10.2. The van der Waals surface area contributed by atoms with Crippen LogP contribution < -0.4 is 9.47 Å². The summed E-state index contributed by atoms with van der Waals surface area (Å²) in [7, 11) is 3.33. The first-order valence-corrected chi connectivity index (χ1v) is 11.0. The number of rotatable bonds is 8. The third kappa shape index (κ3) is 6.08. The minimum Gasteiger partial charge on any atom is -0.497 e. The zero-order valence-electron chi connectivity index (χ0n) is 19.3. The van der Waals surface area contributed by atoms with Crippen LogP contribution in [0.25, 0.3) is 35.3 Å². The number of para-hydroxylation sites is 2. The van der Waals surface area contributed by atoms with Gasteiger partial charge in [-0.1, -0.05) is 72.9 Å². The molecular weight excluding hydrogens is 420 g/mol. The number of aromatic nitrogens is 2. The van der Waals surface area contributed by atoms with Crippen LogP contribution in [-0.2, 0) is 0 Å². The van der Waals surface area contributed by atoms with E-state index in [-0.39, 0.29) is 0 Å². The van der Waals surface area contributed by atoms with E-state index in [1.165, 1.54) is 0 Å². The molecule has 168 valence electrons. The molecule has 0 N–H and O–H groups in total. The molecule has 34 heavy (non-hydrogen) atoms. The molecule has 4 heteroatoms. The van der Waals surface area contributed by atoms with Crippen molar-refractivity contribution >= 4 is 35.3 Å². The van der Waals surface area contributed by atoms with Crippen LogP contribution >= 0.6 is 0 Å². The summed E-state index contributed by atoms with van der Waals surface area (Å²) in [5.41, 5.74) is 5.55. The minimum atomic E-state index is 0.812. The fourth-order valence-electron chi connectivity index (χ4n) is 3.33. The standard InChI is InChI=1S/C30H26N2O2/c1-33-25-19-15-23(16-20-25)9-3-5-11-27-28(32-30-14-8-7-13-29(30)31-27)12-6-4-10-24-17-21-26(34-2)22-18-24/h3-22H,1-2H3. The first-order valence-electron chi connectivity index (χ1n) is 11.0. The molecule has 1 heterocycles. The van der Waals surface area contributed by atoms with E-state index in [1.54, 1.807) is 14.2 Å². The van der Waals surface area contributed by atoms with Crippen LogP contribution in [0, 0.1) is 0 Å². The van der Waals surface area contributed by atoms with Crippen molar-refractivity contribution in [2.45, 2.75) is 0 Å². The van der Waals surface area contributed by atoms with E-state index < -0.39 is 0 Å². The Hall–Kier alpha value is -4.44. The molecule has 0 bridgehead atoms. The molecule has 0 atom stereocenters. The highest BCUT2D eigenvalue weighted by atomic mass is 16.5. The lowest BCUT2D eigenvalue weighted by molar-refractivity contribution is 0.414. The van der Waals surface area contributed by atoms with Crippen molar-refractivity contribution in [2.75, 3.05) is 14.2 Å². The van der Waals surface area contributed by atoms with E-state index in [4.69, 9.17) is 19.4 Å². The molecule has 0 spiro atoms. The highest BCUT2D eigenvalue weighted by Gasteiger charge is 2.03. The van der Waals surface area contributed by atoms with Gasteiger partial charge in [0.15, 0.2) is 0 Å². The van der Waals surface area contributed by atoms with Gasteiger partial charge >= 0.3 is 0 Å². The van der Waals surface area contributed by atoms with Crippen molar-refractivity contribution in [1.82, 2.24) is 9.97 Å². The molecule has 4 aromatic rings. The molecule has 0 saturated heterocycles. The molecule has 3 aromatic carbocycles. The van der Waals surface area contributed by atoms with Crippen molar-refractivity contribution in [3.05, 3.63) is 120 Å². The van der Waals surface area contributed by atoms with Crippen molar-refractivity contribution < 1.29 is 9.47 Å². The average molecular weight is 447 g/mol. The van der Waals surface area contributed by atoms with Gasteiger partial charge in [0.1, 0.15) is 11.5 Å². The van der Waals surface area contributed by atoms with Gasteiger partial charge in [-0.05, 0) is 59.7 Å². The van der Waals surface area contributed by atoms with E-state index in [1.807, 2.05) is 121 Å². The second kappa shape index (κ2) is 11.4. The molecule has 4 nitrogen and oxygen atoms in total. The second-order valence-electron chi connectivity index (χ2n) is 7.47. The Balaban J connectivity index is 1.53. The zero-order valence-corrected chi connectivity index (χ0v) is 19.3. The molecule has 4 rings (SSSR count). The van der Waals surface area contributed by atoms with E-state index in [2.05, 4.69) is 0 Å². The highest BCUT2D eigenvalue weighted by molar-refractivity contribution is 5.78. The number of benzene rings is 3. The van der Waals surface area contributed by atoms with Gasteiger partial charge in [0.05, 0.1) is 36.6 Å². The molecule has 1 aromatic heterocycles. The molecule has 0 unspecified atom stereocenters. The summed E-state index contributed by atoms with van der Waals surface area (Å²) < 4.78 is 10.4. The molecule has 0 radical (unpaired) electrons. The third-order valence-corrected chi connectivity index (χ3v) is 5.17. The van der Waals surface area contributed by atoms with Gasteiger partial charge in [-0.3, -0.25) is 0 Å².